The van der Waals surface area contributed by atoms with Crippen LogP contribution in [0, 0.1) is 11.3 Å². The van der Waals surface area contributed by atoms with Crippen molar-refractivity contribution in [3.8, 4) is 6.07 Å². The fraction of sp³-hybridized carbons (Fsp3) is 0.333. The van der Waals surface area contributed by atoms with Gasteiger partial charge < -0.3 is 11.1 Å². The van der Waals surface area contributed by atoms with Crippen LogP contribution in [0.3, 0.4) is 0 Å². The van der Waals surface area contributed by atoms with Crippen molar-refractivity contribution in [1.29, 1.82) is 5.26 Å². The summed E-state index contributed by atoms with van der Waals surface area (Å²) in [5.41, 5.74) is 5.50. The molecule has 1 unspecified atom stereocenters. The van der Waals surface area contributed by atoms with E-state index in [-0.39, 0.29) is 23.5 Å². The Labute approximate surface area is 117 Å². The smallest absolute Gasteiger partial charge is 0.243 e. The normalized spacial score (nSPS) is 20.2. The minimum absolute atomic E-state index is 0.00954. The Morgan fingerprint density at radius 2 is 2.25 bits per heavy atom. The third kappa shape index (κ3) is 2.65. The van der Waals surface area contributed by atoms with E-state index in [4.69, 9.17) is 11.0 Å². The molecular formula is C12H14N4O3S. The quantitative estimate of drug-likeness (QED) is 0.742. The zero-order valence-corrected chi connectivity index (χ0v) is 11.4. The lowest BCUT2D eigenvalue weighted by Crippen LogP contribution is -2.58. The number of nitrogens with two attached hydrogens (primary N) is 1. The third-order valence-corrected chi connectivity index (χ3v) is 5.00. The van der Waals surface area contributed by atoms with Crippen molar-refractivity contribution < 1.29 is 13.2 Å². The van der Waals surface area contributed by atoms with E-state index in [2.05, 4.69) is 5.32 Å². The van der Waals surface area contributed by atoms with Gasteiger partial charge in [-0.05, 0) is 18.2 Å². The number of benzene rings is 1. The molecule has 0 aromatic heterocycles. The van der Waals surface area contributed by atoms with Gasteiger partial charge in [-0.1, -0.05) is 6.07 Å². The first-order chi connectivity index (χ1) is 9.46. The maximum atomic E-state index is 12.6. The van der Waals surface area contributed by atoms with Crippen molar-refractivity contribution in [3.05, 3.63) is 29.8 Å². The van der Waals surface area contributed by atoms with Gasteiger partial charge in [-0.3, -0.25) is 4.79 Å². The lowest BCUT2D eigenvalue weighted by atomic mass is 10.2. The molecule has 7 nitrogen and oxygen atoms in total. The molecule has 3 N–H and O–H groups in total. The van der Waals surface area contributed by atoms with Crippen molar-refractivity contribution in [2.75, 3.05) is 19.6 Å². The molecule has 1 aliphatic heterocycles. The van der Waals surface area contributed by atoms with Gasteiger partial charge in [0.05, 0.1) is 16.5 Å². The summed E-state index contributed by atoms with van der Waals surface area (Å²) in [7, 11) is -3.85. The number of hydrogen-bond donors (Lipinski definition) is 2. The van der Waals surface area contributed by atoms with Crippen LogP contribution in [0.2, 0.25) is 0 Å². The van der Waals surface area contributed by atoms with Crippen LogP contribution < -0.4 is 11.1 Å². The Bertz CT molecular complexity index is 666. The van der Waals surface area contributed by atoms with Crippen LogP contribution in [0.5, 0.6) is 0 Å². The summed E-state index contributed by atoms with van der Waals surface area (Å²) in [6.45, 7) is 0.792. The molecule has 1 fully saturated rings. The van der Waals surface area contributed by atoms with Gasteiger partial charge in [-0.25, -0.2) is 8.42 Å². The highest BCUT2D eigenvalue weighted by Crippen LogP contribution is 2.20. The highest BCUT2D eigenvalue weighted by Gasteiger charge is 2.36. The van der Waals surface area contributed by atoms with Gasteiger partial charge in [-0.2, -0.15) is 9.57 Å². The van der Waals surface area contributed by atoms with Crippen LogP contribution in [0.1, 0.15) is 5.56 Å². The monoisotopic (exact) mass is 294 g/mol. The molecule has 1 atom stereocenters. The van der Waals surface area contributed by atoms with E-state index in [1.54, 1.807) is 0 Å². The van der Waals surface area contributed by atoms with E-state index in [1.165, 1.54) is 24.3 Å². The van der Waals surface area contributed by atoms with Crippen LogP contribution in [0.15, 0.2) is 29.2 Å². The number of nitrogens with zero attached hydrogens (tertiary/aromatic N) is 2. The number of hydrogen-bond acceptors (Lipinski definition) is 5. The fourth-order valence-electron chi connectivity index (χ4n) is 2.08. The predicted octanol–water partition coefficient (Wildman–Crippen LogP) is -0.994. The number of sulfonamides is 1. The van der Waals surface area contributed by atoms with Gasteiger partial charge in [0.25, 0.3) is 0 Å². The van der Waals surface area contributed by atoms with Gasteiger partial charge in [0.1, 0.15) is 6.04 Å². The molecule has 1 aliphatic rings. The van der Waals surface area contributed by atoms with Crippen LogP contribution in [0.25, 0.3) is 0 Å². The van der Waals surface area contributed by atoms with Gasteiger partial charge in [0, 0.05) is 19.6 Å². The van der Waals surface area contributed by atoms with Crippen LogP contribution in [-0.2, 0) is 14.8 Å². The molecule has 0 bridgehead atoms. The summed E-state index contributed by atoms with van der Waals surface area (Å²) in [6.07, 6.45) is 0. The van der Waals surface area contributed by atoms with E-state index in [0.29, 0.717) is 6.54 Å². The minimum atomic E-state index is -3.85. The first-order valence-electron chi connectivity index (χ1n) is 5.99. The van der Waals surface area contributed by atoms with E-state index >= 15 is 0 Å². The van der Waals surface area contributed by atoms with E-state index in [0.717, 1.165) is 4.31 Å². The number of carbonyl (C=O) groups excluding carboxylic acids is 1. The Kier molecular flexibility index (Phi) is 4.04. The molecular weight excluding hydrogens is 280 g/mol. The zero-order chi connectivity index (χ0) is 14.8. The van der Waals surface area contributed by atoms with Crippen molar-refractivity contribution in [2.24, 2.45) is 5.73 Å². The standard InChI is InChI=1S/C12H14N4O3S/c13-7-9-2-1-3-10(6-9)20(18,19)16-5-4-15-8-11(16)12(14)17/h1-3,6,11,15H,4-5,8H2,(H2,14,17). The van der Waals surface area contributed by atoms with Crippen LogP contribution >= 0.6 is 0 Å². The predicted molar refractivity (Wildman–Crippen MR) is 70.9 cm³/mol. The Morgan fingerprint density at radius 3 is 2.90 bits per heavy atom. The van der Waals surface area contributed by atoms with E-state index in [9.17, 15) is 13.2 Å². The van der Waals surface area contributed by atoms with Gasteiger partial charge >= 0.3 is 0 Å². The molecule has 1 aromatic rings. The average molecular weight is 294 g/mol. The van der Waals surface area contributed by atoms with Gasteiger partial charge in [-0.15, -0.1) is 0 Å². The van der Waals surface area contributed by atoms with Gasteiger partial charge in [0.2, 0.25) is 15.9 Å². The molecule has 0 spiro atoms. The highest BCUT2D eigenvalue weighted by molar-refractivity contribution is 7.89. The topological polar surface area (TPSA) is 116 Å². The number of primary amides is 1. The largest absolute Gasteiger partial charge is 0.368 e. The molecule has 0 radical (unpaired) electrons. The third-order valence-electron chi connectivity index (χ3n) is 3.09. The second-order valence-corrected chi connectivity index (χ2v) is 6.27. The maximum absolute atomic E-state index is 12.6. The molecule has 8 heteroatoms. The molecule has 106 valence electrons. The number of nitrogens with one attached hydrogen (secondary N) is 1. The lowest BCUT2D eigenvalue weighted by molar-refractivity contribution is -0.122. The van der Waals surface area contributed by atoms with Crippen molar-refractivity contribution in [2.45, 2.75) is 10.9 Å². The van der Waals surface area contributed by atoms with Crippen molar-refractivity contribution >= 4 is 15.9 Å². The molecule has 1 aromatic carbocycles. The highest BCUT2D eigenvalue weighted by atomic mass is 32.2. The average Bonchev–Trinajstić information content (AvgIpc) is 2.47. The second kappa shape index (κ2) is 5.58. The summed E-state index contributed by atoms with van der Waals surface area (Å²) < 4.78 is 26.2. The Balaban J connectivity index is 2.42. The van der Waals surface area contributed by atoms with E-state index < -0.39 is 22.0 Å². The zero-order valence-electron chi connectivity index (χ0n) is 10.6. The number of rotatable bonds is 3. The van der Waals surface area contributed by atoms with Crippen LogP contribution in [-0.4, -0.2) is 44.3 Å². The number of piperazine rings is 1. The van der Waals surface area contributed by atoms with Crippen molar-refractivity contribution in [1.82, 2.24) is 9.62 Å². The second-order valence-electron chi connectivity index (χ2n) is 4.38. The molecule has 1 saturated heterocycles. The fourth-order valence-corrected chi connectivity index (χ4v) is 3.72. The lowest BCUT2D eigenvalue weighted by Gasteiger charge is -2.33. The SMILES string of the molecule is N#Cc1cccc(S(=O)(=O)N2CCNCC2C(N)=O)c1. The van der Waals surface area contributed by atoms with Crippen LogP contribution in [0.4, 0.5) is 0 Å². The summed E-state index contributed by atoms with van der Waals surface area (Å²) in [4.78, 5) is 11.4. The number of carbonyl (C=O) groups is 1. The molecule has 1 heterocycles. The molecule has 0 saturated carbocycles. The first kappa shape index (κ1) is 14.5. The van der Waals surface area contributed by atoms with Crippen molar-refractivity contribution in [3.63, 3.8) is 0 Å². The Morgan fingerprint density at radius 1 is 1.50 bits per heavy atom. The van der Waals surface area contributed by atoms with Gasteiger partial charge in [0.15, 0.2) is 0 Å². The molecule has 2 rings (SSSR count). The summed E-state index contributed by atoms with van der Waals surface area (Å²) in [5.74, 6) is -0.697. The summed E-state index contributed by atoms with van der Waals surface area (Å²) in [6, 6.07) is 6.67. The number of nitriles is 1. The summed E-state index contributed by atoms with van der Waals surface area (Å²) in [5, 5.41) is 11.8. The minimum Gasteiger partial charge on any atom is -0.368 e. The summed E-state index contributed by atoms with van der Waals surface area (Å²) >= 11 is 0. The Hall–Kier alpha value is -1.95. The first-order valence-corrected chi connectivity index (χ1v) is 7.43. The number of amides is 1. The maximum Gasteiger partial charge on any atom is 0.243 e. The molecule has 0 aliphatic carbocycles. The van der Waals surface area contributed by atoms with E-state index in [1.807, 2.05) is 6.07 Å². The molecule has 20 heavy (non-hydrogen) atoms. The molecule has 1 amide bonds.